The number of phenols is 1. The van der Waals surface area contributed by atoms with Gasteiger partial charge in [-0.15, -0.1) is 6.58 Å². The van der Waals surface area contributed by atoms with Crippen LogP contribution in [0.3, 0.4) is 0 Å². The maximum atomic E-state index is 9.55. The molecule has 0 amide bonds. The summed E-state index contributed by atoms with van der Waals surface area (Å²) in [6, 6.07) is 5.74. The minimum atomic E-state index is 0.0780. The summed E-state index contributed by atoms with van der Waals surface area (Å²) in [5.41, 5.74) is 2.36. The van der Waals surface area contributed by atoms with E-state index in [1.165, 1.54) is 0 Å². The highest BCUT2D eigenvalue weighted by Gasteiger charge is 2.14. The Morgan fingerprint density at radius 3 is 2.43 bits per heavy atom. The second kappa shape index (κ2) is 3.87. The Morgan fingerprint density at radius 2 is 1.93 bits per heavy atom. The smallest absolute Gasteiger partial charge is 0.116 e. The van der Waals surface area contributed by atoms with Crippen LogP contribution in [0.4, 0.5) is 0 Å². The Balaban J connectivity index is 3.13. The molecule has 0 aliphatic heterocycles. The summed E-state index contributed by atoms with van der Waals surface area (Å²) in [7, 11) is 0. The van der Waals surface area contributed by atoms with E-state index >= 15 is 0 Å². The van der Waals surface area contributed by atoms with Crippen molar-refractivity contribution in [2.45, 2.75) is 32.6 Å². The highest BCUT2D eigenvalue weighted by atomic mass is 16.3. The van der Waals surface area contributed by atoms with Gasteiger partial charge >= 0.3 is 0 Å². The predicted molar refractivity (Wildman–Crippen MR) is 60.7 cm³/mol. The Labute approximate surface area is 86.1 Å². The van der Waals surface area contributed by atoms with E-state index in [1.807, 2.05) is 12.1 Å². The topological polar surface area (TPSA) is 20.2 Å². The van der Waals surface area contributed by atoms with E-state index < -0.39 is 0 Å². The predicted octanol–water partition coefficient (Wildman–Crippen LogP) is 3.42. The average molecular weight is 190 g/mol. The molecule has 0 unspecified atom stereocenters. The quantitative estimate of drug-likeness (QED) is 0.708. The van der Waals surface area contributed by atoms with Gasteiger partial charge in [-0.25, -0.2) is 0 Å². The monoisotopic (exact) mass is 190 g/mol. The number of allylic oxidation sites excluding steroid dienone is 1. The van der Waals surface area contributed by atoms with Gasteiger partial charge in [0.1, 0.15) is 5.75 Å². The Hall–Kier alpha value is -1.24. The number of hydrogen-bond acceptors (Lipinski definition) is 1. The molecule has 0 saturated carbocycles. The van der Waals surface area contributed by atoms with Gasteiger partial charge in [-0.3, -0.25) is 0 Å². The Kier molecular flexibility index (Phi) is 3.00. The molecule has 1 aromatic carbocycles. The highest BCUT2D eigenvalue weighted by molar-refractivity contribution is 5.37. The third-order valence-corrected chi connectivity index (χ3v) is 2.22. The van der Waals surface area contributed by atoms with E-state index in [0.29, 0.717) is 5.75 Å². The first-order valence-electron chi connectivity index (χ1n) is 4.88. The third-order valence-electron chi connectivity index (χ3n) is 2.22. The van der Waals surface area contributed by atoms with Crippen LogP contribution < -0.4 is 0 Å². The maximum absolute atomic E-state index is 9.55. The molecular formula is C13H18O. The molecule has 0 aliphatic rings. The molecule has 0 aliphatic carbocycles. The molecule has 0 radical (unpaired) electrons. The van der Waals surface area contributed by atoms with Crippen molar-refractivity contribution >= 4 is 0 Å². The first-order chi connectivity index (χ1) is 6.43. The van der Waals surface area contributed by atoms with Crippen molar-refractivity contribution in [1.82, 2.24) is 0 Å². The lowest BCUT2D eigenvalue weighted by atomic mass is 9.85. The molecule has 0 bridgehead atoms. The lowest BCUT2D eigenvalue weighted by Crippen LogP contribution is -2.11. The molecule has 0 spiro atoms. The minimum absolute atomic E-state index is 0.0780. The molecule has 1 heteroatoms. The standard InChI is InChI=1S/C13H18O/c1-5-6-10-7-11(13(2,3)4)9-12(14)8-10/h5,7-9,14H,1,6H2,2-4H3. The van der Waals surface area contributed by atoms with Crippen molar-refractivity contribution in [3.8, 4) is 5.75 Å². The van der Waals surface area contributed by atoms with Gasteiger partial charge in [-0.05, 0) is 35.1 Å². The normalized spacial score (nSPS) is 11.4. The molecule has 0 heterocycles. The molecule has 0 saturated heterocycles. The van der Waals surface area contributed by atoms with Crippen LogP contribution >= 0.6 is 0 Å². The van der Waals surface area contributed by atoms with Crippen LogP contribution in [0.2, 0.25) is 0 Å². The van der Waals surface area contributed by atoms with Crippen molar-refractivity contribution in [1.29, 1.82) is 0 Å². The van der Waals surface area contributed by atoms with Crippen LogP contribution in [0.15, 0.2) is 30.9 Å². The van der Waals surface area contributed by atoms with E-state index in [1.54, 1.807) is 6.07 Å². The Bertz CT molecular complexity index is 332. The van der Waals surface area contributed by atoms with E-state index in [9.17, 15) is 5.11 Å². The molecule has 1 rings (SSSR count). The molecule has 0 aromatic heterocycles. The second-order valence-corrected chi connectivity index (χ2v) is 4.63. The molecule has 1 aromatic rings. The van der Waals surface area contributed by atoms with Gasteiger partial charge in [0.2, 0.25) is 0 Å². The first-order valence-corrected chi connectivity index (χ1v) is 4.88. The largest absolute Gasteiger partial charge is 0.508 e. The summed E-state index contributed by atoms with van der Waals surface area (Å²) in [6.07, 6.45) is 2.65. The van der Waals surface area contributed by atoms with Crippen molar-refractivity contribution < 1.29 is 5.11 Å². The van der Waals surface area contributed by atoms with E-state index in [4.69, 9.17) is 0 Å². The van der Waals surface area contributed by atoms with Crippen LogP contribution in [0, 0.1) is 0 Å². The van der Waals surface area contributed by atoms with Gasteiger partial charge in [0.25, 0.3) is 0 Å². The first kappa shape index (κ1) is 10.8. The molecule has 0 fully saturated rings. The zero-order chi connectivity index (χ0) is 10.8. The molecule has 0 atom stereocenters. The number of benzene rings is 1. The molecular weight excluding hydrogens is 172 g/mol. The number of hydrogen-bond donors (Lipinski definition) is 1. The molecule has 1 nitrogen and oxygen atoms in total. The number of aromatic hydroxyl groups is 1. The average Bonchev–Trinajstić information content (AvgIpc) is 2.02. The summed E-state index contributed by atoms with van der Waals surface area (Å²) in [4.78, 5) is 0. The maximum Gasteiger partial charge on any atom is 0.116 e. The highest BCUT2D eigenvalue weighted by Crippen LogP contribution is 2.27. The summed E-state index contributed by atoms with van der Waals surface area (Å²) >= 11 is 0. The fourth-order valence-electron chi connectivity index (χ4n) is 1.39. The zero-order valence-corrected chi connectivity index (χ0v) is 9.17. The van der Waals surface area contributed by atoms with Crippen molar-refractivity contribution in [3.05, 3.63) is 42.0 Å². The fourth-order valence-corrected chi connectivity index (χ4v) is 1.39. The summed E-state index contributed by atoms with van der Waals surface area (Å²) in [5, 5.41) is 9.55. The van der Waals surface area contributed by atoms with Crippen molar-refractivity contribution in [2.24, 2.45) is 0 Å². The minimum Gasteiger partial charge on any atom is -0.508 e. The molecule has 76 valence electrons. The van der Waals surface area contributed by atoms with Crippen LogP contribution in [0.5, 0.6) is 5.75 Å². The lowest BCUT2D eigenvalue weighted by molar-refractivity contribution is 0.470. The fraction of sp³-hybridized carbons (Fsp3) is 0.385. The van der Waals surface area contributed by atoms with E-state index in [0.717, 1.165) is 17.5 Å². The van der Waals surface area contributed by atoms with Crippen LogP contribution in [0.25, 0.3) is 0 Å². The SMILES string of the molecule is C=CCc1cc(O)cc(C(C)(C)C)c1. The van der Waals surface area contributed by atoms with Crippen molar-refractivity contribution in [2.75, 3.05) is 0 Å². The second-order valence-electron chi connectivity index (χ2n) is 4.63. The number of phenolic OH excluding ortho intramolecular Hbond substituents is 1. The van der Waals surface area contributed by atoms with E-state index in [2.05, 4.69) is 33.4 Å². The zero-order valence-electron chi connectivity index (χ0n) is 9.17. The number of rotatable bonds is 2. The Morgan fingerprint density at radius 1 is 1.29 bits per heavy atom. The van der Waals surface area contributed by atoms with Crippen LogP contribution in [-0.2, 0) is 11.8 Å². The lowest BCUT2D eigenvalue weighted by Gasteiger charge is -2.20. The van der Waals surface area contributed by atoms with Gasteiger partial charge < -0.3 is 5.11 Å². The van der Waals surface area contributed by atoms with Gasteiger partial charge in [-0.1, -0.05) is 32.9 Å². The summed E-state index contributed by atoms with van der Waals surface area (Å²) in [6.45, 7) is 10.1. The third kappa shape index (κ3) is 2.63. The van der Waals surface area contributed by atoms with Gasteiger partial charge in [0, 0.05) is 0 Å². The summed E-state index contributed by atoms with van der Waals surface area (Å²) < 4.78 is 0. The van der Waals surface area contributed by atoms with Gasteiger partial charge in [0.05, 0.1) is 0 Å². The van der Waals surface area contributed by atoms with Crippen molar-refractivity contribution in [3.63, 3.8) is 0 Å². The van der Waals surface area contributed by atoms with Gasteiger partial charge in [0.15, 0.2) is 0 Å². The summed E-state index contributed by atoms with van der Waals surface area (Å²) in [5.74, 6) is 0.342. The van der Waals surface area contributed by atoms with Crippen LogP contribution in [-0.4, -0.2) is 5.11 Å². The molecule has 14 heavy (non-hydrogen) atoms. The van der Waals surface area contributed by atoms with Crippen LogP contribution in [0.1, 0.15) is 31.9 Å². The van der Waals surface area contributed by atoms with E-state index in [-0.39, 0.29) is 5.41 Å². The van der Waals surface area contributed by atoms with Gasteiger partial charge in [-0.2, -0.15) is 0 Å². The molecule has 1 N–H and O–H groups in total.